The number of amides is 1. The summed E-state index contributed by atoms with van der Waals surface area (Å²) in [6.07, 6.45) is 1.93. The Morgan fingerprint density at radius 3 is 2.37 bits per heavy atom. The minimum absolute atomic E-state index is 0.171. The highest BCUT2D eigenvalue weighted by Crippen LogP contribution is 2.41. The second-order valence-corrected chi connectivity index (χ2v) is 9.94. The zero-order valence-corrected chi connectivity index (χ0v) is 20.3. The molecular weight excluding hydrogens is 435 g/mol. The van der Waals surface area contributed by atoms with E-state index in [4.69, 9.17) is 23.2 Å². The van der Waals surface area contributed by atoms with Crippen LogP contribution in [-0.2, 0) is 11.2 Å². The number of hydrogen-bond acceptors (Lipinski definition) is 3. The van der Waals surface area contributed by atoms with Gasteiger partial charge in [0.2, 0.25) is 5.91 Å². The molecule has 3 rings (SSSR count). The second-order valence-electron chi connectivity index (χ2n) is 8.10. The van der Waals surface area contributed by atoms with E-state index in [0.717, 1.165) is 56.0 Å². The van der Waals surface area contributed by atoms with Crippen LogP contribution in [0.2, 0.25) is 10.0 Å². The molecule has 30 heavy (non-hydrogen) atoms. The molecule has 162 valence electrons. The summed E-state index contributed by atoms with van der Waals surface area (Å²) in [6, 6.07) is 12.7. The molecule has 1 heterocycles. The summed E-state index contributed by atoms with van der Waals surface area (Å²) in [7, 11) is 0. The average molecular weight is 465 g/mol. The van der Waals surface area contributed by atoms with Crippen LogP contribution in [0, 0.1) is 0 Å². The Morgan fingerprint density at radius 1 is 1.00 bits per heavy atom. The van der Waals surface area contributed by atoms with E-state index in [0.29, 0.717) is 16.0 Å². The molecule has 1 fully saturated rings. The van der Waals surface area contributed by atoms with Gasteiger partial charge in [0.25, 0.3) is 0 Å². The van der Waals surface area contributed by atoms with Crippen LogP contribution in [0.15, 0.2) is 46.2 Å². The van der Waals surface area contributed by atoms with Crippen molar-refractivity contribution in [1.82, 2.24) is 9.80 Å². The Hall–Kier alpha value is -1.20. The van der Waals surface area contributed by atoms with Crippen LogP contribution < -0.4 is 0 Å². The zero-order chi connectivity index (χ0) is 21.7. The third-order valence-corrected chi connectivity index (χ3v) is 7.81. The van der Waals surface area contributed by atoms with Gasteiger partial charge < -0.3 is 4.90 Å². The fraction of sp³-hybridized carbons (Fsp3) is 0.458. The smallest absolute Gasteiger partial charge is 0.219 e. The first kappa shape index (κ1) is 23.5. The van der Waals surface area contributed by atoms with E-state index in [1.165, 1.54) is 10.5 Å². The van der Waals surface area contributed by atoms with Crippen LogP contribution in [0.4, 0.5) is 0 Å². The minimum Gasteiger partial charge on any atom is -0.340 e. The molecule has 0 atom stereocenters. The quantitative estimate of drug-likeness (QED) is 0.475. The molecule has 2 aromatic rings. The highest BCUT2D eigenvalue weighted by molar-refractivity contribution is 7.99. The van der Waals surface area contributed by atoms with Gasteiger partial charge in [-0.25, -0.2) is 0 Å². The summed E-state index contributed by atoms with van der Waals surface area (Å²) in [6.45, 7) is 10.6. The molecule has 6 heteroatoms. The van der Waals surface area contributed by atoms with Gasteiger partial charge in [0, 0.05) is 42.9 Å². The van der Waals surface area contributed by atoms with E-state index in [1.54, 1.807) is 18.7 Å². The van der Waals surface area contributed by atoms with Gasteiger partial charge in [0.15, 0.2) is 0 Å². The number of halogens is 2. The van der Waals surface area contributed by atoms with E-state index in [1.807, 2.05) is 4.90 Å². The van der Waals surface area contributed by atoms with Crippen molar-refractivity contribution < 1.29 is 4.79 Å². The Labute approximate surface area is 194 Å². The first-order valence-corrected chi connectivity index (χ1v) is 12.2. The van der Waals surface area contributed by atoms with Crippen molar-refractivity contribution >= 4 is 40.9 Å². The van der Waals surface area contributed by atoms with Gasteiger partial charge in [-0.3, -0.25) is 9.69 Å². The molecular formula is C24H30Cl2N2OS. The van der Waals surface area contributed by atoms with Crippen LogP contribution in [0.5, 0.6) is 0 Å². The third-order valence-electron chi connectivity index (χ3n) is 5.63. The lowest BCUT2D eigenvalue weighted by atomic mass is 10.0. The molecule has 3 nitrogen and oxygen atoms in total. The van der Waals surface area contributed by atoms with E-state index in [9.17, 15) is 4.79 Å². The summed E-state index contributed by atoms with van der Waals surface area (Å²) >= 11 is 15.0. The molecule has 1 saturated heterocycles. The van der Waals surface area contributed by atoms with Crippen molar-refractivity contribution in [1.29, 1.82) is 0 Å². The summed E-state index contributed by atoms with van der Waals surface area (Å²) in [4.78, 5) is 18.0. The van der Waals surface area contributed by atoms with Crippen molar-refractivity contribution in [2.75, 3.05) is 32.7 Å². The molecule has 0 saturated carbocycles. The Kier molecular flexibility index (Phi) is 8.52. The molecule has 1 aliphatic heterocycles. The average Bonchev–Trinajstić information content (AvgIpc) is 2.73. The maximum Gasteiger partial charge on any atom is 0.219 e. The van der Waals surface area contributed by atoms with Gasteiger partial charge >= 0.3 is 0 Å². The van der Waals surface area contributed by atoms with Gasteiger partial charge in [0.1, 0.15) is 0 Å². The molecule has 0 N–H and O–H groups in total. The lowest BCUT2D eigenvalue weighted by molar-refractivity contribution is -0.130. The summed E-state index contributed by atoms with van der Waals surface area (Å²) in [5.74, 6) is 0.629. The van der Waals surface area contributed by atoms with Crippen LogP contribution in [0.3, 0.4) is 0 Å². The van der Waals surface area contributed by atoms with Crippen molar-refractivity contribution in [3.8, 4) is 0 Å². The number of nitrogens with zero attached hydrogens (tertiary/aromatic N) is 2. The molecule has 0 aliphatic carbocycles. The van der Waals surface area contributed by atoms with Crippen molar-refractivity contribution in [2.24, 2.45) is 0 Å². The first-order chi connectivity index (χ1) is 14.4. The SMILES string of the molecule is CC(=O)N1CCN(CCCc2ccc(Sc3ccccc3C(C)C)c(Cl)c2Cl)CC1. The Balaban J connectivity index is 1.58. The molecule has 1 aliphatic rings. The Bertz CT molecular complexity index is 880. The minimum atomic E-state index is 0.171. The van der Waals surface area contributed by atoms with E-state index in [-0.39, 0.29) is 5.91 Å². The number of aryl methyl sites for hydroxylation is 1. The van der Waals surface area contributed by atoms with E-state index in [2.05, 4.69) is 55.1 Å². The van der Waals surface area contributed by atoms with Gasteiger partial charge in [0.05, 0.1) is 10.0 Å². The van der Waals surface area contributed by atoms with Crippen LogP contribution in [0.25, 0.3) is 0 Å². The standard InChI is InChI=1S/C24H30Cl2N2OS/c1-17(2)20-8-4-5-9-21(20)30-22-11-10-19(23(25)24(22)26)7-6-12-27-13-15-28(16-14-27)18(3)29/h4-5,8-11,17H,6-7,12-16H2,1-3H3. The molecule has 1 amide bonds. The predicted molar refractivity (Wildman–Crippen MR) is 128 cm³/mol. The molecule has 0 radical (unpaired) electrons. The number of hydrogen-bond donors (Lipinski definition) is 0. The normalized spacial score (nSPS) is 15.1. The Morgan fingerprint density at radius 2 is 1.70 bits per heavy atom. The highest BCUT2D eigenvalue weighted by Gasteiger charge is 2.18. The summed E-state index contributed by atoms with van der Waals surface area (Å²) < 4.78 is 0. The van der Waals surface area contributed by atoms with Gasteiger partial charge in [-0.1, -0.05) is 73.1 Å². The lowest BCUT2D eigenvalue weighted by Crippen LogP contribution is -2.48. The third kappa shape index (κ3) is 5.94. The number of rotatable bonds is 7. The maximum atomic E-state index is 11.4. The van der Waals surface area contributed by atoms with E-state index >= 15 is 0 Å². The summed E-state index contributed by atoms with van der Waals surface area (Å²) in [5.41, 5.74) is 2.43. The lowest BCUT2D eigenvalue weighted by Gasteiger charge is -2.34. The molecule has 0 spiro atoms. The van der Waals surface area contributed by atoms with E-state index < -0.39 is 0 Å². The molecule has 0 aromatic heterocycles. The first-order valence-electron chi connectivity index (χ1n) is 10.6. The number of piperazine rings is 1. The fourth-order valence-electron chi connectivity index (χ4n) is 3.79. The second kappa shape index (κ2) is 10.9. The summed E-state index contributed by atoms with van der Waals surface area (Å²) in [5, 5.41) is 1.32. The molecule has 2 aromatic carbocycles. The van der Waals surface area contributed by atoms with Crippen LogP contribution in [-0.4, -0.2) is 48.4 Å². The van der Waals surface area contributed by atoms with Crippen LogP contribution >= 0.6 is 35.0 Å². The monoisotopic (exact) mass is 464 g/mol. The van der Waals surface area contributed by atoms with Crippen LogP contribution in [0.1, 0.15) is 44.2 Å². The van der Waals surface area contributed by atoms with Crippen molar-refractivity contribution in [2.45, 2.75) is 49.3 Å². The number of benzene rings is 2. The molecule has 0 unspecified atom stereocenters. The van der Waals surface area contributed by atoms with Gasteiger partial charge in [-0.15, -0.1) is 0 Å². The van der Waals surface area contributed by atoms with Crippen molar-refractivity contribution in [3.63, 3.8) is 0 Å². The highest BCUT2D eigenvalue weighted by atomic mass is 35.5. The molecule has 0 bridgehead atoms. The fourth-order valence-corrected chi connectivity index (χ4v) is 5.54. The maximum absolute atomic E-state index is 11.4. The number of carbonyl (C=O) groups is 1. The van der Waals surface area contributed by atoms with Crippen molar-refractivity contribution in [3.05, 3.63) is 57.6 Å². The predicted octanol–water partition coefficient (Wildman–Crippen LogP) is 6.36. The topological polar surface area (TPSA) is 23.6 Å². The number of carbonyl (C=O) groups excluding carboxylic acids is 1. The largest absolute Gasteiger partial charge is 0.340 e. The van der Waals surface area contributed by atoms with Gasteiger partial charge in [-0.05, 0) is 48.6 Å². The van der Waals surface area contributed by atoms with Gasteiger partial charge in [-0.2, -0.15) is 0 Å². The zero-order valence-electron chi connectivity index (χ0n) is 18.0.